The number of halogens is 1. The third-order valence-electron chi connectivity index (χ3n) is 3.29. The Balaban J connectivity index is 1.97. The van der Waals surface area contributed by atoms with Crippen molar-refractivity contribution in [3.05, 3.63) is 57.9 Å². The minimum Gasteiger partial charge on any atom is -0.153 e. The fourth-order valence-corrected chi connectivity index (χ4v) is 2.69. The van der Waals surface area contributed by atoms with Crippen LogP contribution in [0.5, 0.6) is 0 Å². The summed E-state index contributed by atoms with van der Waals surface area (Å²) >= 11 is 6.07. The first-order chi connectivity index (χ1) is 8.34. The van der Waals surface area contributed by atoms with Crippen molar-refractivity contribution >= 4 is 11.6 Å². The zero-order chi connectivity index (χ0) is 11.7. The van der Waals surface area contributed by atoms with Crippen LogP contribution in [0, 0.1) is 0 Å². The van der Waals surface area contributed by atoms with Gasteiger partial charge in [-0.2, -0.15) is 5.10 Å². The Morgan fingerprint density at radius 1 is 1.00 bits per heavy atom. The lowest BCUT2D eigenvalue weighted by atomic mass is 10.0. The Labute approximate surface area is 106 Å². The van der Waals surface area contributed by atoms with Crippen LogP contribution >= 0.6 is 11.6 Å². The molecule has 1 aliphatic rings. The highest BCUT2D eigenvalue weighted by atomic mass is 35.5. The second-order valence-electron chi connectivity index (χ2n) is 4.41. The van der Waals surface area contributed by atoms with Crippen LogP contribution in [0.3, 0.4) is 0 Å². The molecule has 1 aliphatic carbocycles. The van der Waals surface area contributed by atoms with E-state index in [0.717, 1.165) is 25.0 Å². The maximum absolute atomic E-state index is 6.07. The molecule has 0 bridgehead atoms. The summed E-state index contributed by atoms with van der Waals surface area (Å²) in [7, 11) is 0. The fraction of sp³-hybridized carbons (Fsp3) is 0.286. The molecule has 1 heterocycles. The molecule has 0 saturated carbocycles. The molecule has 1 aromatic carbocycles. The van der Waals surface area contributed by atoms with Gasteiger partial charge in [0, 0.05) is 6.42 Å². The number of benzene rings is 1. The quantitative estimate of drug-likeness (QED) is 0.811. The topological polar surface area (TPSA) is 25.8 Å². The molecule has 3 heteroatoms. The number of rotatable bonds is 2. The van der Waals surface area contributed by atoms with Gasteiger partial charge in [-0.15, -0.1) is 5.10 Å². The summed E-state index contributed by atoms with van der Waals surface area (Å²) in [5.41, 5.74) is 4.91. The largest absolute Gasteiger partial charge is 0.155 e. The van der Waals surface area contributed by atoms with Crippen molar-refractivity contribution in [2.45, 2.75) is 25.7 Å². The molecule has 0 saturated heterocycles. The summed E-state index contributed by atoms with van der Waals surface area (Å²) in [6, 6.07) is 10.4. The maximum atomic E-state index is 6.07. The van der Waals surface area contributed by atoms with Gasteiger partial charge < -0.3 is 0 Å². The van der Waals surface area contributed by atoms with Crippen LogP contribution in [0.2, 0.25) is 5.15 Å². The molecule has 2 nitrogen and oxygen atoms in total. The monoisotopic (exact) mass is 244 g/mol. The molecule has 0 atom stereocenters. The van der Waals surface area contributed by atoms with Crippen LogP contribution in [0.25, 0.3) is 0 Å². The highest BCUT2D eigenvalue weighted by Gasteiger charge is 2.20. The van der Waals surface area contributed by atoms with E-state index in [4.69, 9.17) is 11.6 Å². The summed E-state index contributed by atoms with van der Waals surface area (Å²) in [4.78, 5) is 0. The minimum absolute atomic E-state index is 0.592. The van der Waals surface area contributed by atoms with Gasteiger partial charge in [-0.05, 0) is 36.0 Å². The van der Waals surface area contributed by atoms with Crippen molar-refractivity contribution < 1.29 is 0 Å². The van der Waals surface area contributed by atoms with Crippen molar-refractivity contribution in [3.63, 3.8) is 0 Å². The third-order valence-corrected chi connectivity index (χ3v) is 3.59. The lowest BCUT2D eigenvalue weighted by Crippen LogP contribution is -2.02. The van der Waals surface area contributed by atoms with E-state index in [1.165, 1.54) is 23.1 Å². The molecule has 2 aromatic rings. The van der Waals surface area contributed by atoms with Gasteiger partial charge in [0.15, 0.2) is 5.15 Å². The van der Waals surface area contributed by atoms with Crippen LogP contribution < -0.4 is 0 Å². The number of aromatic nitrogens is 2. The van der Waals surface area contributed by atoms with Crippen molar-refractivity contribution in [1.82, 2.24) is 10.2 Å². The van der Waals surface area contributed by atoms with E-state index < -0.39 is 0 Å². The normalized spacial score (nSPS) is 13.7. The molecule has 86 valence electrons. The lowest BCUT2D eigenvalue weighted by Gasteiger charge is -2.07. The Kier molecular flexibility index (Phi) is 2.81. The van der Waals surface area contributed by atoms with E-state index in [0.29, 0.717) is 5.15 Å². The van der Waals surface area contributed by atoms with Crippen molar-refractivity contribution in [3.8, 4) is 0 Å². The molecule has 0 radical (unpaired) electrons. The lowest BCUT2D eigenvalue weighted by molar-refractivity contribution is 0.889. The molecule has 0 unspecified atom stereocenters. The molecule has 0 fully saturated rings. The summed E-state index contributed by atoms with van der Waals surface area (Å²) in [6.45, 7) is 0. The van der Waals surface area contributed by atoms with Crippen LogP contribution in [-0.4, -0.2) is 10.2 Å². The first kappa shape index (κ1) is 10.7. The van der Waals surface area contributed by atoms with Crippen LogP contribution in [0.4, 0.5) is 0 Å². The molecule has 0 N–H and O–H groups in total. The summed E-state index contributed by atoms with van der Waals surface area (Å²) in [5, 5.41) is 8.92. The Bertz CT molecular complexity index is 537. The van der Waals surface area contributed by atoms with Gasteiger partial charge in [-0.3, -0.25) is 0 Å². The first-order valence-corrected chi connectivity index (χ1v) is 6.29. The van der Waals surface area contributed by atoms with Gasteiger partial charge in [-0.1, -0.05) is 41.9 Å². The predicted molar refractivity (Wildman–Crippen MR) is 68.3 cm³/mol. The molecule has 1 aromatic heterocycles. The van der Waals surface area contributed by atoms with Gasteiger partial charge in [-0.25, -0.2) is 0 Å². The molecule has 0 aliphatic heterocycles. The van der Waals surface area contributed by atoms with Crippen molar-refractivity contribution in [2.75, 3.05) is 0 Å². The highest BCUT2D eigenvalue weighted by Crippen LogP contribution is 2.29. The average molecular weight is 245 g/mol. The summed E-state index contributed by atoms with van der Waals surface area (Å²) in [5.74, 6) is 0. The van der Waals surface area contributed by atoms with Crippen LogP contribution in [0.15, 0.2) is 30.3 Å². The van der Waals surface area contributed by atoms with Crippen molar-refractivity contribution in [1.29, 1.82) is 0 Å². The number of hydrogen-bond donors (Lipinski definition) is 0. The van der Waals surface area contributed by atoms with Crippen LogP contribution in [0.1, 0.15) is 28.8 Å². The summed E-state index contributed by atoms with van der Waals surface area (Å²) < 4.78 is 0. The zero-order valence-electron chi connectivity index (χ0n) is 9.49. The second kappa shape index (κ2) is 4.46. The Hall–Kier alpha value is -1.41. The van der Waals surface area contributed by atoms with E-state index in [2.05, 4.69) is 34.5 Å². The Morgan fingerprint density at radius 3 is 2.59 bits per heavy atom. The van der Waals surface area contributed by atoms with E-state index in [-0.39, 0.29) is 0 Å². The van der Waals surface area contributed by atoms with Gasteiger partial charge >= 0.3 is 0 Å². The van der Waals surface area contributed by atoms with E-state index in [9.17, 15) is 0 Å². The highest BCUT2D eigenvalue weighted by molar-refractivity contribution is 6.30. The van der Waals surface area contributed by atoms with Gasteiger partial charge in [0.1, 0.15) is 0 Å². The number of hydrogen-bond acceptors (Lipinski definition) is 2. The molecular weight excluding hydrogens is 232 g/mol. The van der Waals surface area contributed by atoms with Crippen molar-refractivity contribution in [2.24, 2.45) is 0 Å². The molecule has 0 spiro atoms. The van der Waals surface area contributed by atoms with Gasteiger partial charge in [0.2, 0.25) is 0 Å². The summed E-state index contributed by atoms with van der Waals surface area (Å²) in [6.07, 6.45) is 4.16. The Morgan fingerprint density at radius 2 is 1.76 bits per heavy atom. The average Bonchev–Trinajstić information content (AvgIpc) is 2.84. The van der Waals surface area contributed by atoms with E-state index in [1.54, 1.807) is 0 Å². The van der Waals surface area contributed by atoms with E-state index >= 15 is 0 Å². The number of nitrogens with zero attached hydrogens (tertiary/aromatic N) is 2. The minimum atomic E-state index is 0.592. The number of fused-ring (bicyclic) bond motifs is 1. The fourth-order valence-electron chi connectivity index (χ4n) is 2.45. The zero-order valence-corrected chi connectivity index (χ0v) is 10.2. The van der Waals surface area contributed by atoms with Gasteiger partial charge in [0.25, 0.3) is 0 Å². The smallest absolute Gasteiger partial charge is 0.153 e. The molecule has 0 amide bonds. The molecule has 17 heavy (non-hydrogen) atoms. The SMILES string of the molecule is Clc1nnc(Cc2ccccc2)c2c1CCC2. The van der Waals surface area contributed by atoms with E-state index in [1.807, 2.05) is 6.07 Å². The van der Waals surface area contributed by atoms with Crippen LogP contribution in [-0.2, 0) is 19.3 Å². The maximum Gasteiger partial charge on any atom is 0.155 e. The standard InChI is InChI=1S/C14H13ClN2/c15-14-12-8-4-7-11(12)13(16-17-14)9-10-5-2-1-3-6-10/h1-3,5-6H,4,7-9H2. The second-order valence-corrected chi connectivity index (χ2v) is 4.77. The predicted octanol–water partition coefficient (Wildman–Crippen LogP) is 3.21. The molecular formula is C14H13ClN2. The van der Waals surface area contributed by atoms with Gasteiger partial charge in [0.05, 0.1) is 5.69 Å². The molecule has 3 rings (SSSR count). The first-order valence-electron chi connectivity index (χ1n) is 5.91. The third kappa shape index (κ3) is 2.05.